The van der Waals surface area contributed by atoms with Gasteiger partial charge in [0.05, 0.1) is 0 Å². The smallest absolute Gasteiger partial charge is 0.410 e. The average Bonchev–Trinajstić information content (AvgIpc) is 2.62. The quantitative estimate of drug-likeness (QED) is 0.802. The molecule has 18 heavy (non-hydrogen) atoms. The Morgan fingerprint density at radius 2 is 2.06 bits per heavy atom. The summed E-state index contributed by atoms with van der Waals surface area (Å²) in [6, 6.07) is 9.78. The van der Waals surface area contributed by atoms with Crippen LogP contribution in [0.3, 0.4) is 0 Å². The van der Waals surface area contributed by atoms with Gasteiger partial charge in [-0.3, -0.25) is 0 Å². The van der Waals surface area contributed by atoms with Crippen LogP contribution >= 0.6 is 0 Å². The highest BCUT2D eigenvalue weighted by Gasteiger charge is 2.38. The normalized spacial score (nSPS) is 21.9. The van der Waals surface area contributed by atoms with Gasteiger partial charge in [0.1, 0.15) is 6.61 Å². The van der Waals surface area contributed by atoms with Crippen LogP contribution in [-0.4, -0.2) is 24.1 Å². The lowest BCUT2D eigenvalue weighted by molar-refractivity contribution is 0.101. The summed E-state index contributed by atoms with van der Waals surface area (Å²) < 4.78 is 5.34. The SMILES string of the molecule is C[C@H]1CN(C(=O)OCc2ccccc2)CC1(C)C. The summed E-state index contributed by atoms with van der Waals surface area (Å²) in [4.78, 5) is 13.8. The van der Waals surface area contributed by atoms with E-state index < -0.39 is 0 Å². The van der Waals surface area contributed by atoms with Crippen molar-refractivity contribution in [3.05, 3.63) is 35.9 Å². The zero-order chi connectivity index (χ0) is 13.2. The minimum atomic E-state index is -0.198. The Morgan fingerprint density at radius 1 is 1.39 bits per heavy atom. The van der Waals surface area contributed by atoms with Gasteiger partial charge < -0.3 is 9.64 Å². The minimum absolute atomic E-state index is 0.186. The number of hydrogen-bond donors (Lipinski definition) is 0. The topological polar surface area (TPSA) is 29.5 Å². The summed E-state index contributed by atoms with van der Waals surface area (Å²) in [5.41, 5.74) is 1.21. The Labute approximate surface area is 109 Å². The first-order chi connectivity index (χ1) is 8.49. The van der Waals surface area contributed by atoms with Crippen LogP contribution in [-0.2, 0) is 11.3 Å². The lowest BCUT2D eigenvalue weighted by Crippen LogP contribution is -2.30. The van der Waals surface area contributed by atoms with Gasteiger partial charge >= 0.3 is 6.09 Å². The van der Waals surface area contributed by atoms with Crippen LogP contribution < -0.4 is 0 Å². The number of rotatable bonds is 2. The number of likely N-dealkylation sites (tertiary alicyclic amines) is 1. The van der Waals surface area contributed by atoms with Crippen molar-refractivity contribution in [1.29, 1.82) is 0 Å². The lowest BCUT2D eigenvalue weighted by atomic mass is 9.84. The summed E-state index contributed by atoms with van der Waals surface area (Å²) in [5, 5.41) is 0. The molecule has 1 atom stereocenters. The van der Waals surface area contributed by atoms with E-state index in [9.17, 15) is 4.79 Å². The molecule has 1 fully saturated rings. The molecule has 1 aliphatic heterocycles. The van der Waals surface area contributed by atoms with Gasteiger partial charge in [0, 0.05) is 13.1 Å². The van der Waals surface area contributed by atoms with Crippen LogP contribution in [0, 0.1) is 11.3 Å². The van der Waals surface area contributed by atoms with Crippen molar-refractivity contribution in [2.75, 3.05) is 13.1 Å². The predicted octanol–water partition coefficient (Wildman–Crippen LogP) is 3.30. The molecule has 1 saturated heterocycles. The van der Waals surface area contributed by atoms with Gasteiger partial charge in [0.25, 0.3) is 0 Å². The highest BCUT2D eigenvalue weighted by atomic mass is 16.6. The molecule has 3 heteroatoms. The van der Waals surface area contributed by atoms with E-state index in [1.54, 1.807) is 0 Å². The summed E-state index contributed by atoms with van der Waals surface area (Å²) in [5.74, 6) is 0.516. The number of nitrogens with zero attached hydrogens (tertiary/aromatic N) is 1. The standard InChI is InChI=1S/C15H21NO2/c1-12-9-16(11-15(12,2)3)14(17)18-10-13-7-5-4-6-8-13/h4-8,12H,9-11H2,1-3H3/t12-/m0/s1. The first kappa shape index (κ1) is 12.9. The van der Waals surface area contributed by atoms with Crippen LogP contribution in [0.25, 0.3) is 0 Å². The van der Waals surface area contributed by atoms with Gasteiger partial charge in [-0.2, -0.15) is 0 Å². The van der Waals surface area contributed by atoms with E-state index in [0.717, 1.165) is 18.7 Å². The van der Waals surface area contributed by atoms with E-state index in [2.05, 4.69) is 20.8 Å². The second-order valence-electron chi connectivity index (χ2n) is 5.81. The van der Waals surface area contributed by atoms with Gasteiger partial charge in [-0.15, -0.1) is 0 Å². The number of benzene rings is 1. The number of ether oxygens (including phenoxy) is 1. The molecule has 0 aromatic heterocycles. The number of carbonyl (C=O) groups is 1. The molecule has 1 amide bonds. The van der Waals surface area contributed by atoms with Crippen molar-refractivity contribution < 1.29 is 9.53 Å². The average molecular weight is 247 g/mol. The second-order valence-corrected chi connectivity index (χ2v) is 5.81. The third-order valence-corrected chi connectivity index (χ3v) is 3.89. The number of carbonyl (C=O) groups excluding carboxylic acids is 1. The largest absolute Gasteiger partial charge is 0.445 e. The van der Waals surface area contributed by atoms with Crippen LogP contribution in [0.5, 0.6) is 0 Å². The first-order valence-electron chi connectivity index (χ1n) is 6.45. The highest BCUT2D eigenvalue weighted by molar-refractivity contribution is 5.68. The van der Waals surface area contributed by atoms with Crippen molar-refractivity contribution >= 4 is 6.09 Å². The molecule has 1 aromatic carbocycles. The molecule has 98 valence electrons. The number of hydrogen-bond acceptors (Lipinski definition) is 2. The molecule has 1 aliphatic rings. The fraction of sp³-hybridized carbons (Fsp3) is 0.533. The maximum atomic E-state index is 12.0. The second kappa shape index (κ2) is 5.01. The highest BCUT2D eigenvalue weighted by Crippen LogP contribution is 2.34. The zero-order valence-corrected chi connectivity index (χ0v) is 11.3. The van der Waals surface area contributed by atoms with Crippen molar-refractivity contribution in [1.82, 2.24) is 4.90 Å². The van der Waals surface area contributed by atoms with Crippen molar-refractivity contribution in [3.8, 4) is 0 Å². The molecule has 2 rings (SSSR count). The molecule has 1 heterocycles. The molecule has 0 aliphatic carbocycles. The van der Waals surface area contributed by atoms with E-state index in [1.807, 2.05) is 35.2 Å². The third-order valence-electron chi connectivity index (χ3n) is 3.89. The van der Waals surface area contributed by atoms with Gasteiger partial charge in [0.2, 0.25) is 0 Å². The maximum Gasteiger partial charge on any atom is 0.410 e. The minimum Gasteiger partial charge on any atom is -0.445 e. The molecule has 0 bridgehead atoms. The molecule has 3 nitrogen and oxygen atoms in total. The molecule has 0 spiro atoms. The Balaban J connectivity index is 1.87. The van der Waals surface area contributed by atoms with Crippen LogP contribution in [0.2, 0.25) is 0 Å². The van der Waals surface area contributed by atoms with Gasteiger partial charge in [0.15, 0.2) is 0 Å². The zero-order valence-electron chi connectivity index (χ0n) is 11.3. The molecule has 0 saturated carbocycles. The molecule has 1 aromatic rings. The van der Waals surface area contributed by atoms with E-state index in [0.29, 0.717) is 12.5 Å². The Kier molecular flexibility index (Phi) is 3.60. The predicted molar refractivity (Wildman–Crippen MR) is 71.1 cm³/mol. The monoisotopic (exact) mass is 247 g/mol. The Bertz CT molecular complexity index is 414. The van der Waals surface area contributed by atoms with Crippen molar-refractivity contribution in [2.24, 2.45) is 11.3 Å². The van der Waals surface area contributed by atoms with Crippen LogP contribution in [0.15, 0.2) is 30.3 Å². The summed E-state index contributed by atoms with van der Waals surface area (Å²) >= 11 is 0. The lowest BCUT2D eigenvalue weighted by Gasteiger charge is -2.21. The molecule has 0 radical (unpaired) electrons. The van der Waals surface area contributed by atoms with Crippen molar-refractivity contribution in [3.63, 3.8) is 0 Å². The molecule has 0 N–H and O–H groups in total. The maximum absolute atomic E-state index is 12.0. The van der Waals surface area contributed by atoms with E-state index in [1.165, 1.54) is 0 Å². The third kappa shape index (κ3) is 2.84. The van der Waals surface area contributed by atoms with Crippen LogP contribution in [0.1, 0.15) is 26.3 Å². The van der Waals surface area contributed by atoms with E-state index in [4.69, 9.17) is 4.74 Å². The van der Waals surface area contributed by atoms with Gasteiger partial charge in [-0.05, 0) is 16.9 Å². The summed E-state index contributed by atoms with van der Waals surface area (Å²) in [6.45, 7) is 8.50. The van der Waals surface area contributed by atoms with Gasteiger partial charge in [-0.25, -0.2) is 4.79 Å². The fourth-order valence-electron chi connectivity index (χ4n) is 2.24. The summed E-state index contributed by atoms with van der Waals surface area (Å²) in [6.07, 6.45) is -0.198. The molecular formula is C15H21NO2. The van der Waals surface area contributed by atoms with Crippen LogP contribution in [0.4, 0.5) is 4.79 Å². The molecule has 0 unspecified atom stereocenters. The Morgan fingerprint density at radius 3 is 2.61 bits per heavy atom. The van der Waals surface area contributed by atoms with E-state index in [-0.39, 0.29) is 11.5 Å². The Hall–Kier alpha value is -1.51. The first-order valence-corrected chi connectivity index (χ1v) is 6.45. The number of amides is 1. The molecular weight excluding hydrogens is 226 g/mol. The summed E-state index contributed by atoms with van der Waals surface area (Å²) in [7, 11) is 0. The van der Waals surface area contributed by atoms with E-state index >= 15 is 0 Å². The van der Waals surface area contributed by atoms with Crippen molar-refractivity contribution in [2.45, 2.75) is 27.4 Å². The van der Waals surface area contributed by atoms with Gasteiger partial charge in [-0.1, -0.05) is 51.1 Å². The fourth-order valence-corrected chi connectivity index (χ4v) is 2.24.